The van der Waals surface area contributed by atoms with Gasteiger partial charge in [-0.25, -0.2) is 8.42 Å². The fraction of sp³-hybridized carbons (Fsp3) is 0.667. The molecule has 0 N–H and O–H groups in total. The van der Waals surface area contributed by atoms with Crippen molar-refractivity contribution in [1.29, 1.82) is 0 Å². The van der Waals surface area contributed by atoms with Gasteiger partial charge in [0.2, 0.25) is 0 Å². The molecular weight excluding hydrogens is 296 g/mol. The molecule has 0 bridgehead atoms. The number of benzene rings is 1. The monoisotopic (exact) mass is 325 g/mol. The van der Waals surface area contributed by atoms with Crippen LogP contribution in [-0.2, 0) is 10.1 Å². The van der Waals surface area contributed by atoms with Crippen LogP contribution in [0.15, 0.2) is 30.3 Å². The Hall–Kier alpha value is -0.870. The molecule has 0 spiro atoms. The second-order valence-corrected chi connectivity index (χ2v) is 7.59. The van der Waals surface area contributed by atoms with Gasteiger partial charge < -0.3 is 4.55 Å². The van der Waals surface area contributed by atoms with Crippen molar-refractivity contribution in [3.05, 3.63) is 35.9 Å². The van der Waals surface area contributed by atoms with Crippen molar-refractivity contribution in [2.45, 2.75) is 70.6 Å². The van der Waals surface area contributed by atoms with Crippen molar-refractivity contribution in [2.24, 2.45) is 0 Å². The van der Waals surface area contributed by atoms with Crippen LogP contribution in [0, 0.1) is 0 Å². The highest BCUT2D eigenvalue weighted by molar-refractivity contribution is 7.85. The van der Waals surface area contributed by atoms with E-state index in [0.717, 1.165) is 19.3 Å². The van der Waals surface area contributed by atoms with Crippen LogP contribution >= 0.6 is 0 Å². The summed E-state index contributed by atoms with van der Waals surface area (Å²) >= 11 is 0. The fourth-order valence-electron chi connectivity index (χ4n) is 2.87. The average molecular weight is 325 g/mol. The van der Waals surface area contributed by atoms with Crippen molar-refractivity contribution < 1.29 is 13.0 Å². The summed E-state index contributed by atoms with van der Waals surface area (Å²) in [4.78, 5) is 0. The molecule has 126 valence electrons. The van der Waals surface area contributed by atoms with Crippen molar-refractivity contribution in [3.8, 4) is 0 Å². The molecule has 0 saturated carbocycles. The molecule has 0 radical (unpaired) electrons. The van der Waals surface area contributed by atoms with Crippen LogP contribution in [0.25, 0.3) is 0 Å². The molecule has 4 heteroatoms. The average Bonchev–Trinajstić information content (AvgIpc) is 2.49. The summed E-state index contributed by atoms with van der Waals surface area (Å²) in [5.74, 6) is 0.252. The summed E-state index contributed by atoms with van der Waals surface area (Å²) in [7, 11) is -4.06. The predicted molar refractivity (Wildman–Crippen MR) is 91.0 cm³/mol. The van der Waals surface area contributed by atoms with Gasteiger partial charge in [0.25, 0.3) is 0 Å². The Morgan fingerprint density at radius 1 is 0.909 bits per heavy atom. The minimum atomic E-state index is -4.06. The standard InChI is InChI=1S/C18H30O3S/c1-2-3-4-5-7-12-18(17-13-8-6-9-14-17)15-10-11-16-22(19,20)21/h6,8-9,13-14,18H,2-5,7,10-12,15-16H2,1H3,(H,19,20,21)/p-1. The molecule has 1 unspecified atom stereocenters. The lowest BCUT2D eigenvalue weighted by atomic mass is 9.88. The second kappa shape index (κ2) is 10.8. The molecule has 0 fully saturated rings. The van der Waals surface area contributed by atoms with Gasteiger partial charge in [0.05, 0.1) is 10.1 Å². The van der Waals surface area contributed by atoms with Gasteiger partial charge in [0.1, 0.15) is 0 Å². The summed E-state index contributed by atoms with van der Waals surface area (Å²) in [6, 6.07) is 10.4. The highest BCUT2D eigenvalue weighted by atomic mass is 32.2. The molecule has 1 atom stereocenters. The van der Waals surface area contributed by atoms with E-state index < -0.39 is 10.1 Å². The van der Waals surface area contributed by atoms with E-state index in [2.05, 4.69) is 31.2 Å². The third-order valence-electron chi connectivity index (χ3n) is 4.12. The van der Waals surface area contributed by atoms with E-state index in [1.807, 2.05) is 6.07 Å². The van der Waals surface area contributed by atoms with Gasteiger partial charge in [-0.05, 0) is 30.7 Å². The summed E-state index contributed by atoms with van der Waals surface area (Å²) in [6.07, 6.45) is 9.74. The van der Waals surface area contributed by atoms with E-state index in [1.165, 1.54) is 37.7 Å². The van der Waals surface area contributed by atoms with E-state index in [0.29, 0.717) is 12.3 Å². The number of hydrogen-bond acceptors (Lipinski definition) is 3. The quantitative estimate of drug-likeness (QED) is 0.408. The van der Waals surface area contributed by atoms with Gasteiger partial charge >= 0.3 is 0 Å². The molecule has 0 aliphatic heterocycles. The minimum absolute atomic E-state index is 0.231. The first-order chi connectivity index (χ1) is 10.5. The highest BCUT2D eigenvalue weighted by Gasteiger charge is 2.11. The van der Waals surface area contributed by atoms with E-state index in [-0.39, 0.29) is 5.75 Å². The Kier molecular flexibility index (Phi) is 9.41. The second-order valence-electron chi connectivity index (χ2n) is 6.07. The zero-order chi connectivity index (χ0) is 16.3. The maximum atomic E-state index is 10.7. The van der Waals surface area contributed by atoms with Crippen molar-refractivity contribution in [1.82, 2.24) is 0 Å². The van der Waals surface area contributed by atoms with E-state index in [4.69, 9.17) is 0 Å². The Balaban J connectivity index is 2.41. The van der Waals surface area contributed by atoms with Gasteiger partial charge in [-0.3, -0.25) is 0 Å². The van der Waals surface area contributed by atoms with Crippen molar-refractivity contribution >= 4 is 10.1 Å². The van der Waals surface area contributed by atoms with Crippen molar-refractivity contribution in [2.75, 3.05) is 5.75 Å². The smallest absolute Gasteiger partial charge is 0.0945 e. The molecular formula is C18H29O3S-. The predicted octanol–water partition coefficient (Wildman–Crippen LogP) is 4.85. The first-order valence-corrected chi connectivity index (χ1v) is 10.1. The Labute approximate surface area is 135 Å². The van der Waals surface area contributed by atoms with Crippen LogP contribution in [0.4, 0.5) is 0 Å². The Bertz CT molecular complexity index is 482. The van der Waals surface area contributed by atoms with Gasteiger partial charge in [0, 0.05) is 5.75 Å². The van der Waals surface area contributed by atoms with Gasteiger partial charge in [0.15, 0.2) is 0 Å². The normalized spacial score (nSPS) is 13.2. The molecule has 0 saturated heterocycles. The minimum Gasteiger partial charge on any atom is -0.748 e. The first kappa shape index (κ1) is 19.2. The molecule has 0 aliphatic carbocycles. The SMILES string of the molecule is CCCCCCCC(CCCCS(=O)(=O)[O-])c1ccccc1. The van der Waals surface area contributed by atoms with Gasteiger partial charge in [-0.1, -0.05) is 75.8 Å². The molecule has 1 rings (SSSR count). The summed E-state index contributed by atoms with van der Waals surface area (Å²) in [5, 5.41) is 0. The van der Waals surface area contributed by atoms with E-state index in [9.17, 15) is 13.0 Å². The van der Waals surface area contributed by atoms with Crippen LogP contribution in [0.2, 0.25) is 0 Å². The van der Waals surface area contributed by atoms with Gasteiger partial charge in [-0.15, -0.1) is 0 Å². The molecule has 1 aromatic rings. The largest absolute Gasteiger partial charge is 0.748 e. The molecule has 22 heavy (non-hydrogen) atoms. The topological polar surface area (TPSA) is 57.2 Å². The van der Waals surface area contributed by atoms with Crippen LogP contribution in [-0.4, -0.2) is 18.7 Å². The molecule has 0 aliphatic rings. The van der Waals surface area contributed by atoms with Crippen LogP contribution in [0.1, 0.15) is 76.2 Å². The lowest BCUT2D eigenvalue weighted by molar-refractivity contribution is 0.456. The maximum absolute atomic E-state index is 10.7. The van der Waals surface area contributed by atoms with Gasteiger partial charge in [-0.2, -0.15) is 0 Å². The fourth-order valence-corrected chi connectivity index (χ4v) is 3.42. The molecule has 0 amide bonds. The summed E-state index contributed by atoms with van der Waals surface area (Å²) < 4.78 is 32.0. The number of unbranched alkanes of at least 4 members (excludes halogenated alkanes) is 5. The zero-order valence-corrected chi connectivity index (χ0v) is 14.5. The zero-order valence-electron chi connectivity index (χ0n) is 13.7. The molecule has 1 aromatic carbocycles. The summed E-state index contributed by atoms with van der Waals surface area (Å²) in [5.41, 5.74) is 1.34. The van der Waals surface area contributed by atoms with E-state index in [1.54, 1.807) is 0 Å². The van der Waals surface area contributed by atoms with Crippen LogP contribution in [0.5, 0.6) is 0 Å². The molecule has 0 aromatic heterocycles. The van der Waals surface area contributed by atoms with Crippen LogP contribution in [0.3, 0.4) is 0 Å². The Morgan fingerprint density at radius 2 is 1.50 bits per heavy atom. The lowest BCUT2D eigenvalue weighted by Crippen LogP contribution is -2.05. The van der Waals surface area contributed by atoms with E-state index >= 15 is 0 Å². The Morgan fingerprint density at radius 3 is 2.09 bits per heavy atom. The molecule has 3 nitrogen and oxygen atoms in total. The maximum Gasteiger partial charge on any atom is 0.0945 e. The van der Waals surface area contributed by atoms with Crippen molar-refractivity contribution in [3.63, 3.8) is 0 Å². The first-order valence-electron chi connectivity index (χ1n) is 8.51. The third kappa shape index (κ3) is 9.21. The number of hydrogen-bond donors (Lipinski definition) is 0. The highest BCUT2D eigenvalue weighted by Crippen LogP contribution is 2.28. The third-order valence-corrected chi connectivity index (χ3v) is 4.91. The number of rotatable bonds is 12. The van der Waals surface area contributed by atoms with Crippen LogP contribution < -0.4 is 0 Å². The summed E-state index contributed by atoms with van der Waals surface area (Å²) in [6.45, 7) is 2.22. The molecule has 0 heterocycles. The lowest BCUT2D eigenvalue weighted by Gasteiger charge is -2.18.